The molecule has 2 N–H and O–H groups in total. The normalized spacial score (nSPS) is 10.9. The van der Waals surface area contributed by atoms with Crippen molar-refractivity contribution in [3.8, 4) is 0 Å². The molecule has 0 heterocycles. The first-order chi connectivity index (χ1) is 6.91. The molecule has 0 saturated carbocycles. The Kier molecular flexibility index (Phi) is 5.93. The molecular formula is C10H19NO4. The molecule has 0 spiro atoms. The van der Waals surface area contributed by atoms with Crippen LogP contribution in [0.5, 0.6) is 0 Å². The van der Waals surface area contributed by atoms with Crippen molar-refractivity contribution in [3.63, 3.8) is 0 Å². The smallest absolute Gasteiger partial charge is 0.305 e. The van der Waals surface area contributed by atoms with E-state index in [4.69, 9.17) is 5.73 Å². The zero-order chi connectivity index (χ0) is 11.9. The molecule has 0 aliphatic carbocycles. The molecule has 0 aliphatic heterocycles. The minimum absolute atomic E-state index is 0.269. The highest BCUT2D eigenvalue weighted by molar-refractivity contribution is 5.70. The molecule has 0 unspecified atom stereocenters. The van der Waals surface area contributed by atoms with Crippen LogP contribution >= 0.6 is 0 Å². The largest absolute Gasteiger partial charge is 0.469 e. The lowest BCUT2D eigenvalue weighted by Crippen LogP contribution is -2.37. The lowest BCUT2D eigenvalue weighted by molar-refractivity contribution is -0.141. The van der Waals surface area contributed by atoms with E-state index >= 15 is 0 Å². The van der Waals surface area contributed by atoms with Gasteiger partial charge in [-0.3, -0.25) is 9.59 Å². The van der Waals surface area contributed by atoms with Crippen LogP contribution in [-0.4, -0.2) is 31.7 Å². The van der Waals surface area contributed by atoms with Gasteiger partial charge in [0.25, 0.3) is 0 Å². The molecule has 0 saturated heterocycles. The number of ether oxygens (including phenoxy) is 2. The van der Waals surface area contributed by atoms with Gasteiger partial charge in [-0.05, 0) is 19.8 Å². The molecule has 0 aliphatic rings. The number of nitrogens with two attached hydrogens (primary N) is 1. The molecule has 0 aromatic carbocycles. The zero-order valence-electron chi connectivity index (χ0n) is 9.54. The maximum atomic E-state index is 10.9. The van der Waals surface area contributed by atoms with Gasteiger partial charge in [0.15, 0.2) is 0 Å². The molecule has 0 bridgehead atoms. The van der Waals surface area contributed by atoms with Crippen LogP contribution in [0, 0.1) is 0 Å². The number of methoxy groups -OCH3 is 2. The van der Waals surface area contributed by atoms with Gasteiger partial charge in [0, 0.05) is 18.4 Å². The second-order valence-corrected chi connectivity index (χ2v) is 3.81. The summed E-state index contributed by atoms with van der Waals surface area (Å²) in [6.45, 7) is 1.80. The Morgan fingerprint density at radius 3 is 1.67 bits per heavy atom. The molecule has 0 aromatic heterocycles. The third-order valence-electron chi connectivity index (χ3n) is 2.26. The van der Waals surface area contributed by atoms with E-state index < -0.39 is 5.54 Å². The lowest BCUT2D eigenvalue weighted by Gasteiger charge is -2.23. The van der Waals surface area contributed by atoms with Crippen LogP contribution in [0.1, 0.15) is 32.6 Å². The van der Waals surface area contributed by atoms with Gasteiger partial charge in [0.1, 0.15) is 0 Å². The monoisotopic (exact) mass is 217 g/mol. The molecule has 0 radical (unpaired) electrons. The van der Waals surface area contributed by atoms with Gasteiger partial charge in [-0.25, -0.2) is 0 Å². The molecule has 0 fully saturated rings. The Bertz CT molecular complexity index is 203. The highest BCUT2D eigenvalue weighted by Crippen LogP contribution is 2.16. The number of hydrogen-bond donors (Lipinski definition) is 1. The van der Waals surface area contributed by atoms with Crippen molar-refractivity contribution in [1.82, 2.24) is 0 Å². The fourth-order valence-electron chi connectivity index (χ4n) is 1.10. The van der Waals surface area contributed by atoms with Gasteiger partial charge >= 0.3 is 11.9 Å². The van der Waals surface area contributed by atoms with Crippen molar-refractivity contribution < 1.29 is 19.1 Å². The summed E-state index contributed by atoms with van der Waals surface area (Å²) in [7, 11) is 2.68. The van der Waals surface area contributed by atoms with E-state index in [2.05, 4.69) is 9.47 Å². The van der Waals surface area contributed by atoms with Crippen LogP contribution in [0.25, 0.3) is 0 Å². The van der Waals surface area contributed by atoms with Gasteiger partial charge in [-0.2, -0.15) is 0 Å². The summed E-state index contributed by atoms with van der Waals surface area (Å²) < 4.78 is 9.01. The van der Waals surface area contributed by atoms with Crippen molar-refractivity contribution in [1.29, 1.82) is 0 Å². The summed E-state index contributed by atoms with van der Waals surface area (Å²) in [6, 6.07) is 0. The molecule has 5 nitrogen and oxygen atoms in total. The molecule has 5 heteroatoms. The first-order valence-corrected chi connectivity index (χ1v) is 4.84. The molecule has 0 atom stereocenters. The summed E-state index contributed by atoms with van der Waals surface area (Å²) >= 11 is 0. The maximum Gasteiger partial charge on any atom is 0.305 e. The molecule has 0 rings (SSSR count). The average Bonchev–Trinajstić information content (AvgIpc) is 2.22. The van der Waals surface area contributed by atoms with Gasteiger partial charge in [-0.15, -0.1) is 0 Å². The van der Waals surface area contributed by atoms with Gasteiger partial charge in [-0.1, -0.05) is 0 Å². The molecule has 0 amide bonds. The maximum absolute atomic E-state index is 10.9. The Labute approximate surface area is 89.9 Å². The second-order valence-electron chi connectivity index (χ2n) is 3.81. The quantitative estimate of drug-likeness (QED) is 0.659. The van der Waals surface area contributed by atoms with E-state index in [1.807, 2.05) is 0 Å². The van der Waals surface area contributed by atoms with Gasteiger partial charge in [0.2, 0.25) is 0 Å². The van der Waals surface area contributed by atoms with Crippen LogP contribution in [0.2, 0.25) is 0 Å². The van der Waals surface area contributed by atoms with E-state index in [1.54, 1.807) is 6.92 Å². The van der Waals surface area contributed by atoms with Crippen molar-refractivity contribution in [2.45, 2.75) is 38.1 Å². The van der Waals surface area contributed by atoms with E-state index in [0.717, 1.165) is 0 Å². The molecular weight excluding hydrogens is 198 g/mol. The number of rotatable bonds is 6. The summed E-state index contributed by atoms with van der Waals surface area (Å²) in [6.07, 6.45) is 1.53. The minimum atomic E-state index is -0.539. The highest BCUT2D eigenvalue weighted by Gasteiger charge is 2.21. The number of hydrogen-bond acceptors (Lipinski definition) is 5. The highest BCUT2D eigenvalue weighted by atomic mass is 16.5. The van der Waals surface area contributed by atoms with Crippen molar-refractivity contribution >= 4 is 11.9 Å². The van der Waals surface area contributed by atoms with Gasteiger partial charge in [0.05, 0.1) is 14.2 Å². The number of esters is 2. The van der Waals surface area contributed by atoms with Crippen LogP contribution in [-0.2, 0) is 19.1 Å². The van der Waals surface area contributed by atoms with Crippen LogP contribution in [0.3, 0.4) is 0 Å². The zero-order valence-corrected chi connectivity index (χ0v) is 9.54. The predicted molar refractivity (Wildman–Crippen MR) is 55.1 cm³/mol. The SMILES string of the molecule is COC(=O)CCC(C)(N)CCC(=O)OC. The third kappa shape index (κ3) is 6.90. The summed E-state index contributed by atoms with van der Waals surface area (Å²) in [4.78, 5) is 21.8. The van der Waals surface area contributed by atoms with E-state index in [1.165, 1.54) is 14.2 Å². The first-order valence-electron chi connectivity index (χ1n) is 4.84. The number of carbonyl (C=O) groups excluding carboxylic acids is 2. The number of carbonyl (C=O) groups is 2. The topological polar surface area (TPSA) is 78.6 Å². The van der Waals surface area contributed by atoms with Crippen LogP contribution in [0.4, 0.5) is 0 Å². The lowest BCUT2D eigenvalue weighted by atomic mass is 9.91. The molecule has 15 heavy (non-hydrogen) atoms. The Balaban J connectivity index is 3.86. The fraction of sp³-hybridized carbons (Fsp3) is 0.800. The van der Waals surface area contributed by atoms with Crippen molar-refractivity contribution in [3.05, 3.63) is 0 Å². The Hall–Kier alpha value is -1.10. The fourth-order valence-corrected chi connectivity index (χ4v) is 1.10. The Morgan fingerprint density at radius 1 is 1.07 bits per heavy atom. The first kappa shape index (κ1) is 13.9. The van der Waals surface area contributed by atoms with Crippen LogP contribution in [0.15, 0.2) is 0 Å². The predicted octanol–water partition coefficient (Wildman–Crippen LogP) is 0.610. The van der Waals surface area contributed by atoms with E-state index in [9.17, 15) is 9.59 Å². The molecule has 88 valence electrons. The van der Waals surface area contributed by atoms with Crippen molar-refractivity contribution in [2.75, 3.05) is 14.2 Å². The third-order valence-corrected chi connectivity index (χ3v) is 2.26. The summed E-state index contributed by atoms with van der Waals surface area (Å²) in [5.74, 6) is -0.575. The Morgan fingerprint density at radius 2 is 1.40 bits per heavy atom. The summed E-state index contributed by atoms with van der Waals surface area (Å²) in [5, 5.41) is 0. The standard InChI is InChI=1S/C10H19NO4/c1-10(11,6-4-8(12)14-2)7-5-9(13)15-3/h4-7,11H2,1-3H3. The van der Waals surface area contributed by atoms with Crippen molar-refractivity contribution in [2.24, 2.45) is 5.73 Å². The molecule has 0 aromatic rings. The average molecular weight is 217 g/mol. The minimum Gasteiger partial charge on any atom is -0.469 e. The van der Waals surface area contributed by atoms with Gasteiger partial charge < -0.3 is 15.2 Å². The second kappa shape index (κ2) is 6.40. The van der Waals surface area contributed by atoms with E-state index in [0.29, 0.717) is 12.8 Å². The van der Waals surface area contributed by atoms with Crippen LogP contribution < -0.4 is 5.73 Å². The van der Waals surface area contributed by atoms with E-state index in [-0.39, 0.29) is 24.8 Å². The summed E-state index contributed by atoms with van der Waals surface area (Å²) in [5.41, 5.74) is 5.37.